The van der Waals surface area contributed by atoms with Crippen LogP contribution in [0.2, 0.25) is 0 Å². The van der Waals surface area contributed by atoms with Gasteiger partial charge in [-0.2, -0.15) is 0 Å². The monoisotopic (exact) mass is 291 g/mol. The standard InChI is InChI=1S/C16H25N3S/c1-13(2)12-17-16(20)19-11-6-4-5-8-15(19)14-9-7-10-18(14)3/h7,9-10,15H,1,4-6,8,11-12H2,2-3H3,(H,17,20)/t15-/m1/s1. The molecule has 2 rings (SSSR count). The van der Waals surface area contributed by atoms with E-state index in [1.165, 1.54) is 31.4 Å². The van der Waals surface area contributed by atoms with Crippen LogP contribution in [0.4, 0.5) is 0 Å². The van der Waals surface area contributed by atoms with Gasteiger partial charge in [-0.25, -0.2) is 0 Å². The maximum Gasteiger partial charge on any atom is 0.169 e. The van der Waals surface area contributed by atoms with E-state index in [0.717, 1.165) is 23.8 Å². The van der Waals surface area contributed by atoms with E-state index in [1.807, 2.05) is 6.92 Å². The van der Waals surface area contributed by atoms with E-state index in [9.17, 15) is 0 Å². The summed E-state index contributed by atoms with van der Waals surface area (Å²) in [4.78, 5) is 2.36. The fourth-order valence-electron chi connectivity index (χ4n) is 2.81. The normalized spacial score (nSPS) is 19.5. The summed E-state index contributed by atoms with van der Waals surface area (Å²) >= 11 is 5.61. The largest absolute Gasteiger partial charge is 0.359 e. The summed E-state index contributed by atoms with van der Waals surface area (Å²) in [7, 11) is 2.11. The van der Waals surface area contributed by atoms with Crippen molar-refractivity contribution in [3.63, 3.8) is 0 Å². The molecule has 110 valence electrons. The third-order valence-electron chi connectivity index (χ3n) is 3.88. The summed E-state index contributed by atoms with van der Waals surface area (Å²) in [5.74, 6) is 0. The first-order valence-electron chi connectivity index (χ1n) is 7.39. The van der Waals surface area contributed by atoms with Crippen LogP contribution in [-0.4, -0.2) is 27.7 Å². The van der Waals surface area contributed by atoms with E-state index in [4.69, 9.17) is 12.2 Å². The Bertz CT molecular complexity index is 478. The molecule has 2 heterocycles. The van der Waals surface area contributed by atoms with E-state index in [2.05, 4.69) is 46.7 Å². The number of aryl methyl sites for hydroxylation is 1. The molecule has 0 aromatic carbocycles. The molecule has 0 spiro atoms. The smallest absolute Gasteiger partial charge is 0.169 e. The number of nitrogens with one attached hydrogen (secondary N) is 1. The molecular weight excluding hydrogens is 266 g/mol. The van der Waals surface area contributed by atoms with Crippen LogP contribution in [0.1, 0.15) is 44.3 Å². The average molecular weight is 291 g/mol. The summed E-state index contributed by atoms with van der Waals surface area (Å²) < 4.78 is 2.21. The molecule has 1 aromatic rings. The maximum absolute atomic E-state index is 5.61. The molecule has 3 nitrogen and oxygen atoms in total. The molecule has 1 fully saturated rings. The first-order valence-corrected chi connectivity index (χ1v) is 7.80. The molecule has 4 heteroatoms. The Labute approximate surface area is 127 Å². The van der Waals surface area contributed by atoms with Gasteiger partial charge in [-0.15, -0.1) is 0 Å². The highest BCUT2D eigenvalue weighted by molar-refractivity contribution is 7.80. The van der Waals surface area contributed by atoms with Crippen LogP contribution in [-0.2, 0) is 7.05 Å². The van der Waals surface area contributed by atoms with E-state index in [0.29, 0.717) is 6.04 Å². The minimum atomic E-state index is 0.391. The van der Waals surface area contributed by atoms with Crippen LogP contribution in [0.25, 0.3) is 0 Å². The van der Waals surface area contributed by atoms with Crippen molar-refractivity contribution >= 4 is 17.3 Å². The fraction of sp³-hybridized carbons (Fsp3) is 0.562. The van der Waals surface area contributed by atoms with Gasteiger partial charge in [-0.1, -0.05) is 25.0 Å². The van der Waals surface area contributed by atoms with Gasteiger partial charge >= 0.3 is 0 Å². The van der Waals surface area contributed by atoms with E-state index < -0.39 is 0 Å². The summed E-state index contributed by atoms with van der Waals surface area (Å²) in [5, 5.41) is 4.20. The van der Waals surface area contributed by atoms with Crippen LogP contribution in [0.15, 0.2) is 30.5 Å². The van der Waals surface area contributed by atoms with Crippen LogP contribution in [0.3, 0.4) is 0 Å². The molecule has 1 aromatic heterocycles. The van der Waals surface area contributed by atoms with Crippen molar-refractivity contribution in [3.05, 3.63) is 36.2 Å². The molecular formula is C16H25N3S. The van der Waals surface area contributed by atoms with Crippen molar-refractivity contribution in [1.29, 1.82) is 0 Å². The van der Waals surface area contributed by atoms with E-state index in [1.54, 1.807) is 0 Å². The zero-order valence-corrected chi connectivity index (χ0v) is 13.4. The lowest BCUT2D eigenvalue weighted by Gasteiger charge is -2.33. The van der Waals surface area contributed by atoms with Crippen molar-refractivity contribution in [1.82, 2.24) is 14.8 Å². The molecule has 1 aliphatic heterocycles. The zero-order valence-electron chi connectivity index (χ0n) is 12.6. The maximum atomic E-state index is 5.61. The van der Waals surface area contributed by atoms with Crippen LogP contribution < -0.4 is 5.32 Å². The Balaban J connectivity index is 2.15. The highest BCUT2D eigenvalue weighted by atomic mass is 32.1. The molecule has 1 atom stereocenters. The van der Waals surface area contributed by atoms with Gasteiger partial charge < -0.3 is 14.8 Å². The van der Waals surface area contributed by atoms with Crippen LogP contribution >= 0.6 is 12.2 Å². The highest BCUT2D eigenvalue weighted by Crippen LogP contribution is 2.30. The topological polar surface area (TPSA) is 20.2 Å². The van der Waals surface area contributed by atoms with Crippen molar-refractivity contribution in [2.24, 2.45) is 7.05 Å². The molecule has 1 N–H and O–H groups in total. The van der Waals surface area contributed by atoms with E-state index >= 15 is 0 Å². The third kappa shape index (κ3) is 3.63. The minimum Gasteiger partial charge on any atom is -0.359 e. The molecule has 0 amide bonds. The van der Waals surface area contributed by atoms with Crippen molar-refractivity contribution in [3.8, 4) is 0 Å². The SMILES string of the molecule is C=C(C)CNC(=S)N1CCCCC[C@@H]1c1cccn1C. The van der Waals surface area contributed by atoms with Crippen LogP contribution in [0.5, 0.6) is 0 Å². The lowest BCUT2D eigenvalue weighted by molar-refractivity contribution is 0.307. The number of hydrogen-bond donors (Lipinski definition) is 1. The molecule has 0 saturated carbocycles. The van der Waals surface area contributed by atoms with Crippen molar-refractivity contribution in [2.45, 2.75) is 38.6 Å². The fourth-order valence-corrected chi connectivity index (χ4v) is 3.10. The molecule has 0 bridgehead atoms. The third-order valence-corrected chi connectivity index (χ3v) is 4.26. The number of hydrogen-bond acceptors (Lipinski definition) is 1. The van der Waals surface area contributed by atoms with Crippen molar-refractivity contribution < 1.29 is 0 Å². The Morgan fingerprint density at radius 2 is 2.25 bits per heavy atom. The number of likely N-dealkylation sites (tertiary alicyclic amines) is 1. The van der Waals surface area contributed by atoms with Gasteiger partial charge in [0.2, 0.25) is 0 Å². The van der Waals surface area contributed by atoms with Crippen LogP contribution in [0, 0.1) is 0 Å². The van der Waals surface area contributed by atoms with Gasteiger partial charge in [-0.05, 0) is 44.1 Å². The highest BCUT2D eigenvalue weighted by Gasteiger charge is 2.25. The second-order valence-electron chi connectivity index (χ2n) is 5.72. The van der Waals surface area contributed by atoms with Gasteiger partial charge in [0.15, 0.2) is 5.11 Å². The van der Waals surface area contributed by atoms with Gasteiger partial charge in [0.1, 0.15) is 0 Å². The molecule has 0 aliphatic carbocycles. The van der Waals surface area contributed by atoms with Gasteiger partial charge in [-0.3, -0.25) is 0 Å². The predicted molar refractivity (Wildman–Crippen MR) is 88.7 cm³/mol. The Morgan fingerprint density at radius 3 is 2.90 bits per heavy atom. The number of aromatic nitrogens is 1. The predicted octanol–water partition coefficient (Wildman–Crippen LogP) is 3.39. The second-order valence-corrected chi connectivity index (χ2v) is 6.10. The van der Waals surface area contributed by atoms with Gasteiger partial charge in [0, 0.05) is 32.0 Å². The Morgan fingerprint density at radius 1 is 1.45 bits per heavy atom. The lowest BCUT2D eigenvalue weighted by Crippen LogP contribution is -2.42. The minimum absolute atomic E-state index is 0.391. The second kappa shape index (κ2) is 6.93. The summed E-state index contributed by atoms with van der Waals surface area (Å²) in [6.07, 6.45) is 7.07. The molecule has 0 unspecified atom stereocenters. The lowest BCUT2D eigenvalue weighted by atomic mass is 10.1. The van der Waals surface area contributed by atoms with Crippen molar-refractivity contribution in [2.75, 3.05) is 13.1 Å². The summed E-state index contributed by atoms with van der Waals surface area (Å²) in [6.45, 7) is 7.75. The molecule has 20 heavy (non-hydrogen) atoms. The molecule has 1 aliphatic rings. The molecule has 0 radical (unpaired) electrons. The first kappa shape index (κ1) is 15.1. The Kier molecular flexibility index (Phi) is 5.24. The average Bonchev–Trinajstić information content (AvgIpc) is 2.69. The summed E-state index contributed by atoms with van der Waals surface area (Å²) in [6, 6.07) is 4.72. The number of nitrogens with zero attached hydrogens (tertiary/aromatic N) is 2. The first-order chi connectivity index (χ1) is 9.59. The Hall–Kier alpha value is -1.29. The van der Waals surface area contributed by atoms with Gasteiger partial charge in [0.05, 0.1) is 6.04 Å². The number of rotatable bonds is 3. The zero-order chi connectivity index (χ0) is 14.5. The quantitative estimate of drug-likeness (QED) is 0.681. The number of thiocarbonyl (C=S) groups is 1. The van der Waals surface area contributed by atoms with E-state index in [-0.39, 0.29) is 0 Å². The molecule has 1 saturated heterocycles. The van der Waals surface area contributed by atoms with Gasteiger partial charge in [0.25, 0.3) is 0 Å². The summed E-state index contributed by atoms with van der Waals surface area (Å²) in [5.41, 5.74) is 2.46.